The fourth-order valence-corrected chi connectivity index (χ4v) is 3.20. The van der Waals surface area contributed by atoms with Crippen LogP contribution in [0.1, 0.15) is 27.0 Å². The minimum Gasteiger partial charge on any atom is -0.397 e. The molecular weight excluding hydrogens is 282 g/mol. The molecule has 0 aliphatic carbocycles. The maximum absolute atomic E-state index is 11.7. The molecule has 21 heavy (non-hydrogen) atoms. The zero-order valence-corrected chi connectivity index (χ0v) is 13.4. The molecule has 0 saturated heterocycles. The number of nitrogens with two attached hydrogens (primary N) is 1. The van der Waals surface area contributed by atoms with E-state index in [1.807, 2.05) is 11.3 Å². The summed E-state index contributed by atoms with van der Waals surface area (Å²) in [6.07, 6.45) is 0.933. The van der Waals surface area contributed by atoms with Crippen molar-refractivity contribution < 1.29 is 4.79 Å². The third-order valence-electron chi connectivity index (χ3n) is 3.25. The van der Waals surface area contributed by atoms with E-state index < -0.39 is 0 Å². The van der Waals surface area contributed by atoms with Gasteiger partial charge in [0, 0.05) is 34.8 Å². The van der Waals surface area contributed by atoms with E-state index >= 15 is 0 Å². The molecule has 4 N–H and O–H groups in total. The highest BCUT2D eigenvalue weighted by atomic mass is 32.1. The van der Waals surface area contributed by atoms with E-state index in [1.165, 1.54) is 9.75 Å². The molecule has 1 amide bonds. The first-order chi connectivity index (χ1) is 9.99. The van der Waals surface area contributed by atoms with Gasteiger partial charge < -0.3 is 16.4 Å². The lowest BCUT2D eigenvalue weighted by Gasteiger charge is -2.17. The minimum atomic E-state index is -0.111. The Hall–Kier alpha value is -2.01. The fourth-order valence-electron chi connectivity index (χ4n) is 2.18. The topological polar surface area (TPSA) is 67.2 Å². The van der Waals surface area contributed by atoms with E-state index in [9.17, 15) is 4.79 Å². The number of hydrogen-bond acceptors (Lipinski definition) is 4. The third-order valence-corrected chi connectivity index (χ3v) is 4.27. The van der Waals surface area contributed by atoms with Crippen molar-refractivity contribution in [2.75, 3.05) is 18.1 Å². The average Bonchev–Trinajstić information content (AvgIpc) is 2.85. The lowest BCUT2D eigenvalue weighted by atomic mass is 10.1. The molecule has 1 atom stereocenters. The number of amides is 1. The normalized spacial score (nSPS) is 12.0. The van der Waals surface area contributed by atoms with Gasteiger partial charge in [-0.3, -0.25) is 4.79 Å². The molecule has 0 aliphatic heterocycles. The molecule has 0 saturated carbocycles. The highest BCUT2D eigenvalue weighted by Gasteiger charge is 2.10. The van der Waals surface area contributed by atoms with E-state index in [0.29, 0.717) is 11.3 Å². The Kier molecular flexibility index (Phi) is 4.85. The van der Waals surface area contributed by atoms with Crippen molar-refractivity contribution in [3.63, 3.8) is 0 Å². The molecule has 112 valence electrons. The number of carbonyl (C=O) groups is 1. The quantitative estimate of drug-likeness (QED) is 0.744. The Morgan fingerprint density at radius 1 is 1.33 bits per heavy atom. The Morgan fingerprint density at radius 2 is 2.10 bits per heavy atom. The van der Waals surface area contributed by atoms with Gasteiger partial charge in [0.15, 0.2) is 0 Å². The van der Waals surface area contributed by atoms with Gasteiger partial charge in [0.2, 0.25) is 0 Å². The third kappa shape index (κ3) is 3.98. The molecule has 0 fully saturated rings. The van der Waals surface area contributed by atoms with Crippen LogP contribution in [-0.2, 0) is 6.42 Å². The van der Waals surface area contributed by atoms with Gasteiger partial charge >= 0.3 is 0 Å². The number of rotatable bonds is 5. The molecule has 2 aromatic rings. The second kappa shape index (κ2) is 6.63. The highest BCUT2D eigenvalue weighted by Crippen LogP contribution is 2.23. The van der Waals surface area contributed by atoms with Crippen molar-refractivity contribution in [1.82, 2.24) is 5.32 Å². The lowest BCUT2D eigenvalue weighted by Crippen LogP contribution is -2.21. The molecule has 2 rings (SSSR count). The number of anilines is 2. The predicted octanol–water partition coefficient (Wildman–Crippen LogP) is 3.04. The predicted molar refractivity (Wildman–Crippen MR) is 90.1 cm³/mol. The first-order valence-electron chi connectivity index (χ1n) is 6.93. The number of aryl methyl sites for hydroxylation is 1. The van der Waals surface area contributed by atoms with Gasteiger partial charge in [0.1, 0.15) is 0 Å². The van der Waals surface area contributed by atoms with Crippen molar-refractivity contribution in [2.24, 2.45) is 0 Å². The van der Waals surface area contributed by atoms with Crippen molar-refractivity contribution in [1.29, 1.82) is 0 Å². The fraction of sp³-hybridized carbons (Fsp3) is 0.312. The summed E-state index contributed by atoms with van der Waals surface area (Å²) in [6, 6.07) is 9.81. The summed E-state index contributed by atoms with van der Waals surface area (Å²) in [4.78, 5) is 14.3. The Bertz CT molecular complexity index is 636. The molecule has 0 aliphatic rings. The van der Waals surface area contributed by atoms with Crippen LogP contribution in [0.25, 0.3) is 0 Å². The smallest absolute Gasteiger partial charge is 0.251 e. The maximum atomic E-state index is 11.7. The number of thiophene rings is 1. The zero-order valence-electron chi connectivity index (χ0n) is 12.6. The van der Waals surface area contributed by atoms with Crippen LogP contribution in [0.2, 0.25) is 0 Å². The van der Waals surface area contributed by atoms with Crippen molar-refractivity contribution in [3.8, 4) is 0 Å². The SMILES string of the molecule is CNC(=O)c1ccc(N)c(NC(C)Cc2ccc(C)s2)c1. The molecule has 5 heteroatoms. The summed E-state index contributed by atoms with van der Waals surface area (Å²) in [7, 11) is 1.62. The number of nitrogen functional groups attached to an aromatic ring is 1. The van der Waals surface area contributed by atoms with Crippen LogP contribution in [0.4, 0.5) is 11.4 Å². The number of carbonyl (C=O) groups excluding carboxylic acids is 1. The van der Waals surface area contributed by atoms with Gasteiger partial charge in [0.25, 0.3) is 5.91 Å². The van der Waals surface area contributed by atoms with Crippen LogP contribution in [0.5, 0.6) is 0 Å². The monoisotopic (exact) mass is 303 g/mol. The largest absolute Gasteiger partial charge is 0.397 e. The zero-order chi connectivity index (χ0) is 15.4. The Balaban J connectivity index is 2.09. The maximum Gasteiger partial charge on any atom is 0.251 e. The summed E-state index contributed by atoms with van der Waals surface area (Å²) >= 11 is 1.81. The summed E-state index contributed by atoms with van der Waals surface area (Å²) in [5.41, 5.74) is 8.04. The van der Waals surface area contributed by atoms with Gasteiger partial charge in [-0.1, -0.05) is 0 Å². The van der Waals surface area contributed by atoms with Gasteiger partial charge in [0.05, 0.1) is 11.4 Å². The van der Waals surface area contributed by atoms with Crippen LogP contribution in [0, 0.1) is 6.92 Å². The van der Waals surface area contributed by atoms with E-state index in [4.69, 9.17) is 5.73 Å². The molecular formula is C16H21N3OS. The summed E-state index contributed by atoms with van der Waals surface area (Å²) < 4.78 is 0. The molecule has 0 spiro atoms. The first kappa shape index (κ1) is 15.4. The first-order valence-corrected chi connectivity index (χ1v) is 7.74. The number of benzene rings is 1. The van der Waals surface area contributed by atoms with Gasteiger partial charge in [-0.2, -0.15) is 0 Å². The Morgan fingerprint density at radius 3 is 2.71 bits per heavy atom. The van der Waals surface area contributed by atoms with E-state index in [-0.39, 0.29) is 11.9 Å². The average molecular weight is 303 g/mol. The van der Waals surface area contributed by atoms with Gasteiger partial charge in [-0.15, -0.1) is 11.3 Å². The number of nitrogens with one attached hydrogen (secondary N) is 2. The summed E-state index contributed by atoms with van der Waals surface area (Å²) in [6.45, 7) is 4.22. The Labute approximate surface area is 129 Å². The molecule has 1 unspecified atom stereocenters. The van der Waals surface area contributed by atoms with Crippen LogP contribution in [-0.4, -0.2) is 19.0 Å². The second-order valence-electron chi connectivity index (χ2n) is 5.14. The van der Waals surface area contributed by atoms with Gasteiger partial charge in [-0.25, -0.2) is 0 Å². The summed E-state index contributed by atoms with van der Waals surface area (Å²) in [5, 5.41) is 6.01. The van der Waals surface area contributed by atoms with Crippen molar-refractivity contribution in [3.05, 3.63) is 45.6 Å². The highest BCUT2D eigenvalue weighted by molar-refractivity contribution is 7.11. The van der Waals surface area contributed by atoms with E-state index in [2.05, 4.69) is 36.6 Å². The second-order valence-corrected chi connectivity index (χ2v) is 6.52. The van der Waals surface area contributed by atoms with E-state index in [0.717, 1.165) is 12.1 Å². The summed E-state index contributed by atoms with van der Waals surface area (Å²) in [5.74, 6) is -0.111. The lowest BCUT2D eigenvalue weighted by molar-refractivity contribution is 0.0963. The van der Waals surface area contributed by atoms with Gasteiger partial charge in [-0.05, 0) is 44.2 Å². The molecule has 1 aromatic heterocycles. The molecule has 4 nitrogen and oxygen atoms in total. The molecule has 1 aromatic carbocycles. The minimum absolute atomic E-state index is 0.111. The van der Waals surface area contributed by atoms with Crippen LogP contribution >= 0.6 is 11.3 Å². The van der Waals surface area contributed by atoms with Crippen LogP contribution < -0.4 is 16.4 Å². The van der Waals surface area contributed by atoms with E-state index in [1.54, 1.807) is 25.2 Å². The van der Waals surface area contributed by atoms with Crippen LogP contribution in [0.15, 0.2) is 30.3 Å². The molecule has 0 radical (unpaired) electrons. The van der Waals surface area contributed by atoms with Crippen LogP contribution in [0.3, 0.4) is 0 Å². The van der Waals surface area contributed by atoms with Crippen molar-refractivity contribution in [2.45, 2.75) is 26.3 Å². The van der Waals surface area contributed by atoms with Crippen molar-refractivity contribution >= 4 is 28.6 Å². The number of hydrogen-bond donors (Lipinski definition) is 3. The standard InChI is InChI=1S/C16H21N3OS/c1-10(8-13-6-4-11(2)21-13)19-15-9-12(16(20)18-3)5-7-14(15)17/h4-7,9-10,19H,8,17H2,1-3H3,(H,18,20). The molecule has 1 heterocycles. The molecule has 0 bridgehead atoms.